The lowest BCUT2D eigenvalue weighted by Gasteiger charge is -2.11. The minimum Gasteiger partial charge on any atom is -0.455 e. The summed E-state index contributed by atoms with van der Waals surface area (Å²) < 4.78 is 6.82. The van der Waals surface area contributed by atoms with Gasteiger partial charge in [0.25, 0.3) is 0 Å². The molecule has 1 N–H and O–H groups in total. The van der Waals surface area contributed by atoms with Gasteiger partial charge >= 0.3 is 0 Å². The van der Waals surface area contributed by atoms with Crippen LogP contribution in [0.4, 0.5) is 0 Å². The predicted molar refractivity (Wildman–Crippen MR) is 85.2 cm³/mol. The third-order valence-electron chi connectivity index (χ3n) is 2.80. The fourth-order valence-corrected chi connectivity index (χ4v) is 2.33. The van der Waals surface area contributed by atoms with E-state index in [9.17, 15) is 0 Å². The van der Waals surface area contributed by atoms with Crippen LogP contribution in [0.2, 0.25) is 0 Å². The van der Waals surface area contributed by atoms with Gasteiger partial charge in [-0.15, -0.1) is 0 Å². The van der Waals surface area contributed by atoms with Gasteiger partial charge in [0.1, 0.15) is 11.5 Å². The summed E-state index contributed by atoms with van der Waals surface area (Å²) in [5.74, 6) is 1.55. The van der Waals surface area contributed by atoms with Crippen molar-refractivity contribution in [1.82, 2.24) is 10.3 Å². The number of ether oxygens (including phenoxy) is 1. The van der Waals surface area contributed by atoms with E-state index in [-0.39, 0.29) is 0 Å². The molecule has 1 aromatic carbocycles. The first-order valence-corrected chi connectivity index (χ1v) is 7.45. The largest absolute Gasteiger partial charge is 0.455 e. The van der Waals surface area contributed by atoms with Crippen LogP contribution < -0.4 is 10.1 Å². The van der Waals surface area contributed by atoms with Crippen LogP contribution in [0.5, 0.6) is 11.5 Å². The summed E-state index contributed by atoms with van der Waals surface area (Å²) in [6, 6.07) is 8.48. The van der Waals surface area contributed by atoms with Crippen LogP contribution >= 0.6 is 15.9 Å². The average molecular weight is 335 g/mol. The molecule has 1 aromatic heterocycles. The van der Waals surface area contributed by atoms with Gasteiger partial charge in [-0.1, -0.05) is 19.9 Å². The molecule has 0 aliphatic carbocycles. The van der Waals surface area contributed by atoms with Crippen LogP contribution in [0, 0.1) is 6.92 Å². The Bertz CT molecular complexity index is 584. The Morgan fingerprint density at radius 3 is 2.75 bits per heavy atom. The molecule has 3 nitrogen and oxygen atoms in total. The fraction of sp³-hybridized carbons (Fsp3) is 0.312. The molecule has 1 heterocycles. The maximum atomic E-state index is 5.87. The van der Waals surface area contributed by atoms with E-state index in [1.54, 1.807) is 6.20 Å². The number of aromatic nitrogens is 1. The molecule has 2 aromatic rings. The lowest BCUT2D eigenvalue weighted by Crippen LogP contribution is -2.21. The standard InChI is InChI=1S/C16H19BrN2O/c1-11(2)19-9-13-7-14(10-18-8-13)20-16-5-4-12(3)6-15(16)17/h4-8,10-11,19H,9H2,1-3H3. The minimum absolute atomic E-state index is 0.450. The molecule has 20 heavy (non-hydrogen) atoms. The molecule has 2 rings (SSSR count). The van der Waals surface area contributed by atoms with E-state index in [0.717, 1.165) is 28.1 Å². The van der Waals surface area contributed by atoms with Gasteiger partial charge in [-0.2, -0.15) is 0 Å². The van der Waals surface area contributed by atoms with E-state index in [4.69, 9.17) is 4.74 Å². The molecule has 0 unspecified atom stereocenters. The van der Waals surface area contributed by atoms with Crippen molar-refractivity contribution in [3.05, 3.63) is 52.3 Å². The van der Waals surface area contributed by atoms with Crippen LogP contribution in [0.3, 0.4) is 0 Å². The van der Waals surface area contributed by atoms with Crippen molar-refractivity contribution in [1.29, 1.82) is 0 Å². The number of hydrogen-bond acceptors (Lipinski definition) is 3. The Kier molecular flexibility index (Phi) is 5.15. The van der Waals surface area contributed by atoms with Crippen LogP contribution in [0.1, 0.15) is 25.0 Å². The van der Waals surface area contributed by atoms with Gasteiger partial charge in [-0.05, 0) is 52.2 Å². The number of hydrogen-bond donors (Lipinski definition) is 1. The van der Waals surface area contributed by atoms with Crippen LogP contribution in [0.25, 0.3) is 0 Å². The van der Waals surface area contributed by atoms with E-state index < -0.39 is 0 Å². The van der Waals surface area contributed by atoms with Gasteiger partial charge in [0.15, 0.2) is 0 Å². The quantitative estimate of drug-likeness (QED) is 0.877. The summed E-state index contributed by atoms with van der Waals surface area (Å²) in [4.78, 5) is 4.23. The van der Waals surface area contributed by atoms with Crippen LogP contribution in [-0.2, 0) is 6.54 Å². The van der Waals surface area contributed by atoms with Crippen molar-refractivity contribution in [3.63, 3.8) is 0 Å². The SMILES string of the molecule is Cc1ccc(Oc2cncc(CNC(C)C)c2)c(Br)c1. The average Bonchev–Trinajstić information content (AvgIpc) is 2.40. The van der Waals surface area contributed by atoms with Gasteiger partial charge < -0.3 is 10.1 Å². The maximum absolute atomic E-state index is 5.87. The molecule has 4 heteroatoms. The molecule has 0 aliphatic rings. The van der Waals surface area contributed by atoms with E-state index in [0.29, 0.717) is 6.04 Å². The highest BCUT2D eigenvalue weighted by Gasteiger charge is 2.04. The highest BCUT2D eigenvalue weighted by Crippen LogP contribution is 2.30. The summed E-state index contributed by atoms with van der Waals surface area (Å²) in [5, 5.41) is 3.37. The minimum atomic E-state index is 0.450. The van der Waals surface area contributed by atoms with Gasteiger partial charge in [0, 0.05) is 18.8 Å². The molecule has 106 valence electrons. The maximum Gasteiger partial charge on any atom is 0.146 e. The summed E-state index contributed by atoms with van der Waals surface area (Å²) in [7, 11) is 0. The lowest BCUT2D eigenvalue weighted by molar-refractivity contribution is 0.475. The van der Waals surface area contributed by atoms with Crippen molar-refractivity contribution in [2.75, 3.05) is 0 Å². The zero-order valence-electron chi connectivity index (χ0n) is 12.0. The highest BCUT2D eigenvalue weighted by atomic mass is 79.9. The number of nitrogens with zero attached hydrogens (tertiary/aromatic N) is 1. The molecule has 0 bridgehead atoms. The van der Waals surface area contributed by atoms with E-state index in [2.05, 4.69) is 40.1 Å². The lowest BCUT2D eigenvalue weighted by atomic mass is 10.2. The van der Waals surface area contributed by atoms with Gasteiger partial charge in [-0.3, -0.25) is 4.98 Å². The zero-order valence-corrected chi connectivity index (χ0v) is 13.6. The van der Waals surface area contributed by atoms with Gasteiger partial charge in [0.05, 0.1) is 10.7 Å². The zero-order chi connectivity index (χ0) is 14.5. The second-order valence-electron chi connectivity index (χ2n) is 5.10. The van der Waals surface area contributed by atoms with Crippen LogP contribution in [-0.4, -0.2) is 11.0 Å². The molecular weight excluding hydrogens is 316 g/mol. The Hall–Kier alpha value is -1.39. The number of nitrogens with one attached hydrogen (secondary N) is 1. The summed E-state index contributed by atoms with van der Waals surface area (Å²) >= 11 is 3.52. The number of halogens is 1. The van der Waals surface area contributed by atoms with Crippen molar-refractivity contribution in [2.24, 2.45) is 0 Å². The first kappa shape index (κ1) is 15.0. The third-order valence-corrected chi connectivity index (χ3v) is 3.42. The Morgan fingerprint density at radius 2 is 2.05 bits per heavy atom. The molecule has 0 fully saturated rings. The Labute approximate surface area is 128 Å². The summed E-state index contributed by atoms with van der Waals surface area (Å²) in [6.07, 6.45) is 3.58. The Balaban J connectivity index is 2.11. The fourth-order valence-electron chi connectivity index (χ4n) is 1.75. The number of benzene rings is 1. The van der Waals surface area contributed by atoms with Crippen molar-refractivity contribution in [2.45, 2.75) is 33.4 Å². The molecule has 0 radical (unpaired) electrons. The molecule has 0 saturated heterocycles. The molecule has 0 spiro atoms. The molecular formula is C16H19BrN2O. The monoisotopic (exact) mass is 334 g/mol. The number of rotatable bonds is 5. The molecule has 0 amide bonds. The van der Waals surface area contributed by atoms with Gasteiger partial charge in [0.2, 0.25) is 0 Å². The number of aryl methyl sites for hydroxylation is 1. The van der Waals surface area contributed by atoms with E-state index in [1.807, 2.05) is 37.4 Å². The van der Waals surface area contributed by atoms with Crippen molar-refractivity contribution in [3.8, 4) is 11.5 Å². The predicted octanol–water partition coefficient (Wildman–Crippen LogP) is 4.44. The van der Waals surface area contributed by atoms with Crippen LogP contribution in [0.15, 0.2) is 41.1 Å². The Morgan fingerprint density at radius 1 is 1.25 bits per heavy atom. The van der Waals surface area contributed by atoms with E-state index >= 15 is 0 Å². The second kappa shape index (κ2) is 6.86. The highest BCUT2D eigenvalue weighted by molar-refractivity contribution is 9.10. The van der Waals surface area contributed by atoms with Crippen molar-refractivity contribution >= 4 is 15.9 Å². The topological polar surface area (TPSA) is 34.1 Å². The smallest absolute Gasteiger partial charge is 0.146 e. The number of pyridine rings is 1. The molecule has 0 aliphatic heterocycles. The molecule has 0 saturated carbocycles. The van der Waals surface area contributed by atoms with Gasteiger partial charge in [-0.25, -0.2) is 0 Å². The van der Waals surface area contributed by atoms with Crippen molar-refractivity contribution < 1.29 is 4.74 Å². The van der Waals surface area contributed by atoms with E-state index in [1.165, 1.54) is 5.56 Å². The molecule has 0 atom stereocenters. The first-order valence-electron chi connectivity index (χ1n) is 6.66. The second-order valence-corrected chi connectivity index (χ2v) is 5.95. The normalized spacial score (nSPS) is 10.8. The summed E-state index contributed by atoms with van der Waals surface area (Å²) in [6.45, 7) is 7.08. The first-order chi connectivity index (χ1) is 9.54. The third kappa shape index (κ3) is 4.32. The summed E-state index contributed by atoms with van der Waals surface area (Å²) in [5.41, 5.74) is 2.30.